The summed E-state index contributed by atoms with van der Waals surface area (Å²) in [5.74, 6) is 0.282. The van der Waals surface area contributed by atoms with Gasteiger partial charge in [0.05, 0.1) is 19.1 Å². The Kier molecular flexibility index (Phi) is 11.9. The van der Waals surface area contributed by atoms with Crippen molar-refractivity contribution in [3.05, 3.63) is 58.6 Å². The van der Waals surface area contributed by atoms with Crippen LogP contribution in [0, 0.1) is 6.92 Å². The lowest BCUT2D eigenvalue weighted by atomic mass is 10.1. The molecule has 0 saturated heterocycles. The highest BCUT2D eigenvalue weighted by Gasteiger charge is 2.29. The van der Waals surface area contributed by atoms with Crippen LogP contribution in [0.5, 0.6) is 5.75 Å². The Morgan fingerprint density at radius 2 is 1.74 bits per heavy atom. The highest BCUT2D eigenvalue weighted by Crippen LogP contribution is 2.27. The Balaban J connectivity index is 2.26. The van der Waals surface area contributed by atoms with E-state index in [0.29, 0.717) is 22.9 Å². The van der Waals surface area contributed by atoms with Crippen molar-refractivity contribution in [2.24, 2.45) is 0 Å². The first-order valence-electron chi connectivity index (χ1n) is 12.9. The first-order chi connectivity index (χ1) is 17.9. The summed E-state index contributed by atoms with van der Waals surface area (Å²) in [6.07, 6.45) is 2.72. The van der Waals surface area contributed by atoms with Crippen molar-refractivity contribution >= 4 is 39.1 Å². The number of aryl methyl sites for hydroxylation is 1. The number of nitrogens with zero attached hydrogens (tertiary/aromatic N) is 2. The maximum Gasteiger partial charge on any atom is 0.243 e. The minimum Gasteiger partial charge on any atom is -0.497 e. The molecule has 2 atom stereocenters. The number of anilines is 1. The summed E-state index contributed by atoms with van der Waals surface area (Å²) in [6, 6.07) is 11.8. The SMILES string of the molecule is CC[C@H](C(=O)N[C@@H](C)CC)N(Cc1ccc(OC)cc1)C(=O)CCCN(c1cc(Cl)ccc1C)S(C)(=O)=O. The molecular weight excluding hydrogens is 526 g/mol. The van der Waals surface area contributed by atoms with Crippen molar-refractivity contribution in [3.63, 3.8) is 0 Å². The lowest BCUT2D eigenvalue weighted by molar-refractivity contribution is -0.141. The van der Waals surface area contributed by atoms with Gasteiger partial charge < -0.3 is 15.0 Å². The number of benzene rings is 2. The molecule has 2 amide bonds. The van der Waals surface area contributed by atoms with Crippen molar-refractivity contribution in [1.82, 2.24) is 10.2 Å². The maximum atomic E-state index is 13.6. The quantitative estimate of drug-likeness (QED) is 0.350. The van der Waals surface area contributed by atoms with Gasteiger partial charge in [-0.15, -0.1) is 0 Å². The van der Waals surface area contributed by atoms with E-state index in [4.69, 9.17) is 16.3 Å². The molecule has 1 N–H and O–H groups in total. The van der Waals surface area contributed by atoms with Gasteiger partial charge in [-0.1, -0.05) is 43.6 Å². The summed E-state index contributed by atoms with van der Waals surface area (Å²) < 4.78 is 31.7. The molecule has 2 aromatic carbocycles. The molecule has 0 bridgehead atoms. The second-order valence-electron chi connectivity index (χ2n) is 9.48. The van der Waals surface area contributed by atoms with Gasteiger partial charge in [-0.05, 0) is 68.5 Å². The molecule has 0 aromatic heterocycles. The van der Waals surface area contributed by atoms with Gasteiger partial charge in [0.25, 0.3) is 0 Å². The molecule has 2 aromatic rings. The zero-order valence-corrected chi connectivity index (χ0v) is 24.7. The second-order valence-corrected chi connectivity index (χ2v) is 11.8. The summed E-state index contributed by atoms with van der Waals surface area (Å²) in [7, 11) is -2.02. The average molecular weight is 566 g/mol. The van der Waals surface area contributed by atoms with Crippen LogP contribution in [-0.4, -0.2) is 57.1 Å². The van der Waals surface area contributed by atoms with E-state index in [9.17, 15) is 18.0 Å². The standard InChI is InChI=1S/C28H40ClN3O5S/c1-7-21(4)30-28(34)25(8-2)31(19-22-12-15-24(37-5)16-13-22)27(33)10-9-17-32(38(6,35)36)26-18-23(29)14-11-20(26)3/h11-16,18,21,25H,7-10,17,19H2,1-6H3,(H,30,34)/t21-,25+/m0/s1. The van der Waals surface area contributed by atoms with Crippen LogP contribution in [0.1, 0.15) is 57.6 Å². The van der Waals surface area contributed by atoms with Crippen LogP contribution in [0.4, 0.5) is 5.69 Å². The fourth-order valence-electron chi connectivity index (χ4n) is 4.12. The smallest absolute Gasteiger partial charge is 0.243 e. The highest BCUT2D eigenvalue weighted by atomic mass is 35.5. The molecule has 0 radical (unpaired) electrons. The van der Waals surface area contributed by atoms with Crippen LogP contribution in [0.15, 0.2) is 42.5 Å². The number of hydrogen-bond donors (Lipinski definition) is 1. The van der Waals surface area contributed by atoms with Crippen LogP contribution in [0.3, 0.4) is 0 Å². The molecule has 0 saturated carbocycles. The molecule has 0 fully saturated rings. The fourth-order valence-corrected chi connectivity index (χ4v) is 5.30. The lowest BCUT2D eigenvalue weighted by Gasteiger charge is -2.32. The summed E-state index contributed by atoms with van der Waals surface area (Å²) in [5.41, 5.74) is 2.11. The van der Waals surface area contributed by atoms with Crippen LogP contribution in [-0.2, 0) is 26.2 Å². The Hall–Kier alpha value is -2.78. The third kappa shape index (κ3) is 8.91. The summed E-state index contributed by atoms with van der Waals surface area (Å²) in [6.45, 7) is 7.96. The number of halogens is 1. The molecule has 0 aliphatic carbocycles. The van der Waals surface area contributed by atoms with Gasteiger partial charge in [0.15, 0.2) is 0 Å². The van der Waals surface area contributed by atoms with Crippen LogP contribution < -0.4 is 14.4 Å². The molecule has 0 aliphatic rings. The topological polar surface area (TPSA) is 96.0 Å². The molecule has 38 heavy (non-hydrogen) atoms. The summed E-state index contributed by atoms with van der Waals surface area (Å²) in [5, 5.41) is 3.42. The minimum absolute atomic E-state index is 0.0151. The highest BCUT2D eigenvalue weighted by molar-refractivity contribution is 7.92. The molecule has 8 nitrogen and oxygen atoms in total. The van der Waals surface area contributed by atoms with E-state index in [1.165, 1.54) is 4.31 Å². The molecule has 2 rings (SSSR count). The molecule has 0 spiro atoms. The van der Waals surface area contributed by atoms with Crippen LogP contribution >= 0.6 is 11.6 Å². The summed E-state index contributed by atoms with van der Waals surface area (Å²) >= 11 is 6.13. The molecule has 0 aliphatic heterocycles. The number of carbonyl (C=O) groups is 2. The Morgan fingerprint density at radius 3 is 2.29 bits per heavy atom. The number of ether oxygens (including phenoxy) is 1. The molecule has 10 heteroatoms. The van der Waals surface area contributed by atoms with Crippen LogP contribution in [0.25, 0.3) is 0 Å². The molecular formula is C28H40ClN3O5S. The van der Waals surface area contributed by atoms with Gasteiger partial charge in [0.1, 0.15) is 11.8 Å². The van der Waals surface area contributed by atoms with Crippen molar-refractivity contribution in [1.29, 1.82) is 0 Å². The minimum atomic E-state index is -3.61. The first-order valence-corrected chi connectivity index (χ1v) is 15.1. The number of nitrogens with one attached hydrogen (secondary N) is 1. The molecule has 0 unspecified atom stereocenters. The largest absolute Gasteiger partial charge is 0.497 e. The number of carbonyl (C=O) groups excluding carboxylic acids is 2. The van der Waals surface area contributed by atoms with Crippen molar-refractivity contribution in [2.75, 3.05) is 24.2 Å². The van der Waals surface area contributed by atoms with E-state index in [0.717, 1.165) is 23.8 Å². The Labute approximate surface area is 232 Å². The number of hydrogen-bond acceptors (Lipinski definition) is 5. The normalized spacial score (nSPS) is 12.9. The monoisotopic (exact) mass is 565 g/mol. The van der Waals surface area contributed by atoms with Crippen molar-refractivity contribution in [2.45, 2.75) is 72.0 Å². The Bertz CT molecular complexity index is 1190. The van der Waals surface area contributed by atoms with Gasteiger partial charge in [0, 0.05) is 30.6 Å². The third-order valence-corrected chi connectivity index (χ3v) is 7.91. The predicted molar refractivity (Wildman–Crippen MR) is 153 cm³/mol. The zero-order valence-electron chi connectivity index (χ0n) is 23.2. The Morgan fingerprint density at radius 1 is 1.08 bits per heavy atom. The van der Waals surface area contributed by atoms with Gasteiger partial charge in [0.2, 0.25) is 21.8 Å². The van der Waals surface area contributed by atoms with Gasteiger partial charge in [-0.3, -0.25) is 13.9 Å². The molecule has 0 heterocycles. The summed E-state index contributed by atoms with van der Waals surface area (Å²) in [4.78, 5) is 28.3. The van der Waals surface area contributed by atoms with E-state index < -0.39 is 16.1 Å². The second kappa shape index (κ2) is 14.4. The fraction of sp³-hybridized carbons (Fsp3) is 0.500. The van der Waals surface area contributed by atoms with E-state index in [2.05, 4.69) is 5.32 Å². The van der Waals surface area contributed by atoms with E-state index >= 15 is 0 Å². The number of sulfonamides is 1. The van der Waals surface area contributed by atoms with E-state index in [1.807, 2.05) is 52.0 Å². The van der Waals surface area contributed by atoms with Gasteiger partial charge >= 0.3 is 0 Å². The number of methoxy groups -OCH3 is 1. The van der Waals surface area contributed by atoms with Gasteiger partial charge in [-0.2, -0.15) is 0 Å². The number of amides is 2. The predicted octanol–water partition coefficient (Wildman–Crippen LogP) is 4.93. The van der Waals surface area contributed by atoms with Gasteiger partial charge in [-0.25, -0.2) is 8.42 Å². The first kappa shape index (κ1) is 31.4. The third-order valence-electron chi connectivity index (χ3n) is 6.49. The molecule has 210 valence electrons. The zero-order chi connectivity index (χ0) is 28.5. The lowest BCUT2D eigenvalue weighted by Crippen LogP contribution is -2.50. The maximum absolute atomic E-state index is 13.6. The van der Waals surface area contributed by atoms with E-state index in [-0.39, 0.29) is 43.8 Å². The van der Waals surface area contributed by atoms with Crippen molar-refractivity contribution < 1.29 is 22.7 Å². The number of rotatable bonds is 14. The van der Waals surface area contributed by atoms with E-state index in [1.54, 1.807) is 30.2 Å². The van der Waals surface area contributed by atoms with Crippen LogP contribution in [0.2, 0.25) is 5.02 Å². The van der Waals surface area contributed by atoms with Crippen molar-refractivity contribution in [3.8, 4) is 5.75 Å². The average Bonchev–Trinajstić information content (AvgIpc) is 2.87.